The zero-order chi connectivity index (χ0) is 13.6. The summed E-state index contributed by atoms with van der Waals surface area (Å²) in [6, 6.07) is 12.0. The highest BCUT2D eigenvalue weighted by Gasteiger charge is 2.12. The predicted molar refractivity (Wildman–Crippen MR) is 83.0 cm³/mol. The first-order valence-electron chi connectivity index (χ1n) is 6.05. The van der Waals surface area contributed by atoms with Crippen LogP contribution in [-0.4, -0.2) is 9.55 Å². The molecule has 2 aromatic carbocycles. The Balaban J connectivity index is 2.28. The van der Waals surface area contributed by atoms with E-state index >= 15 is 0 Å². The van der Waals surface area contributed by atoms with Gasteiger partial charge < -0.3 is 10.3 Å². The maximum atomic E-state index is 5.73. The third kappa shape index (κ3) is 2.02. The Bertz CT molecular complexity index is 757. The van der Waals surface area contributed by atoms with Gasteiger partial charge in [-0.15, -0.1) is 0 Å². The number of halogens is 1. The fraction of sp³-hybridized carbons (Fsp3) is 0.133. The first-order chi connectivity index (χ1) is 9.06. The van der Waals surface area contributed by atoms with Crippen molar-refractivity contribution in [3.8, 4) is 11.4 Å². The molecule has 0 saturated carbocycles. The molecule has 0 bridgehead atoms. The van der Waals surface area contributed by atoms with E-state index in [-0.39, 0.29) is 0 Å². The molecule has 0 aliphatic rings. The maximum absolute atomic E-state index is 5.73. The summed E-state index contributed by atoms with van der Waals surface area (Å²) in [7, 11) is 2.03. The SMILES string of the molecule is Cc1cc(Br)c2nc(-c3ccc(N)cc3)n(C)c2c1. The van der Waals surface area contributed by atoms with E-state index in [9.17, 15) is 0 Å². The van der Waals surface area contributed by atoms with Gasteiger partial charge in [0, 0.05) is 22.8 Å². The number of hydrogen-bond donors (Lipinski definition) is 1. The topological polar surface area (TPSA) is 43.8 Å². The van der Waals surface area contributed by atoms with Crippen molar-refractivity contribution in [1.82, 2.24) is 9.55 Å². The summed E-state index contributed by atoms with van der Waals surface area (Å²) in [5.74, 6) is 0.946. The van der Waals surface area contributed by atoms with Gasteiger partial charge >= 0.3 is 0 Å². The highest BCUT2D eigenvalue weighted by Crippen LogP contribution is 2.29. The van der Waals surface area contributed by atoms with Crippen LogP contribution in [0.5, 0.6) is 0 Å². The highest BCUT2D eigenvalue weighted by molar-refractivity contribution is 9.10. The number of aryl methyl sites for hydroxylation is 2. The molecule has 0 atom stereocenters. The van der Waals surface area contributed by atoms with Crippen LogP contribution in [0.2, 0.25) is 0 Å². The quantitative estimate of drug-likeness (QED) is 0.692. The Morgan fingerprint density at radius 3 is 2.53 bits per heavy atom. The number of nitrogens with two attached hydrogens (primary N) is 1. The molecule has 19 heavy (non-hydrogen) atoms. The van der Waals surface area contributed by atoms with E-state index in [1.165, 1.54) is 5.56 Å². The monoisotopic (exact) mass is 315 g/mol. The predicted octanol–water partition coefficient (Wildman–Crippen LogP) is 3.89. The first kappa shape index (κ1) is 12.2. The fourth-order valence-corrected chi connectivity index (χ4v) is 2.92. The lowest BCUT2D eigenvalue weighted by molar-refractivity contribution is 0.959. The molecule has 0 aliphatic carbocycles. The fourth-order valence-electron chi connectivity index (χ4n) is 2.27. The van der Waals surface area contributed by atoms with E-state index in [2.05, 4.69) is 39.6 Å². The van der Waals surface area contributed by atoms with E-state index in [0.29, 0.717) is 0 Å². The molecular formula is C15H14BrN3. The average Bonchev–Trinajstić information content (AvgIpc) is 2.69. The van der Waals surface area contributed by atoms with Crippen LogP contribution in [0.4, 0.5) is 5.69 Å². The minimum atomic E-state index is 0.763. The van der Waals surface area contributed by atoms with E-state index in [0.717, 1.165) is 32.6 Å². The average molecular weight is 316 g/mol. The van der Waals surface area contributed by atoms with Gasteiger partial charge in [0.25, 0.3) is 0 Å². The van der Waals surface area contributed by atoms with Gasteiger partial charge in [0.1, 0.15) is 11.3 Å². The van der Waals surface area contributed by atoms with Gasteiger partial charge in [-0.25, -0.2) is 4.98 Å². The van der Waals surface area contributed by atoms with Crippen molar-refractivity contribution < 1.29 is 0 Å². The van der Waals surface area contributed by atoms with Crippen molar-refractivity contribution in [2.45, 2.75) is 6.92 Å². The minimum absolute atomic E-state index is 0.763. The molecule has 0 saturated heterocycles. The summed E-state index contributed by atoms with van der Waals surface area (Å²) in [6.07, 6.45) is 0. The number of rotatable bonds is 1. The smallest absolute Gasteiger partial charge is 0.140 e. The third-order valence-electron chi connectivity index (χ3n) is 3.25. The Labute approximate surface area is 120 Å². The molecule has 0 spiro atoms. The number of fused-ring (bicyclic) bond motifs is 1. The summed E-state index contributed by atoms with van der Waals surface area (Å²) in [4.78, 5) is 4.73. The molecule has 0 radical (unpaired) electrons. The second-order valence-corrected chi connectivity index (χ2v) is 5.59. The highest BCUT2D eigenvalue weighted by atomic mass is 79.9. The number of hydrogen-bond acceptors (Lipinski definition) is 2. The standard InChI is InChI=1S/C15H14BrN3/c1-9-7-12(16)14-13(8-9)19(2)15(18-14)10-3-5-11(17)6-4-10/h3-8H,17H2,1-2H3. The third-order valence-corrected chi connectivity index (χ3v) is 3.86. The van der Waals surface area contributed by atoms with Crippen molar-refractivity contribution in [2.24, 2.45) is 7.05 Å². The molecule has 3 aromatic rings. The van der Waals surface area contributed by atoms with E-state index < -0.39 is 0 Å². The molecule has 1 aromatic heterocycles. The van der Waals surface area contributed by atoms with Crippen molar-refractivity contribution in [3.05, 3.63) is 46.4 Å². The molecule has 0 fully saturated rings. The number of benzene rings is 2. The zero-order valence-corrected chi connectivity index (χ0v) is 12.4. The normalized spacial score (nSPS) is 11.1. The van der Waals surface area contributed by atoms with Crippen molar-refractivity contribution >= 4 is 32.7 Å². The summed E-state index contributed by atoms with van der Waals surface area (Å²) >= 11 is 3.58. The molecule has 3 nitrogen and oxygen atoms in total. The zero-order valence-electron chi connectivity index (χ0n) is 10.8. The second kappa shape index (κ2) is 4.38. The van der Waals surface area contributed by atoms with Crippen LogP contribution in [0.25, 0.3) is 22.4 Å². The van der Waals surface area contributed by atoms with Crippen LogP contribution in [0.15, 0.2) is 40.9 Å². The Hall–Kier alpha value is -1.81. The van der Waals surface area contributed by atoms with Crippen molar-refractivity contribution in [3.63, 3.8) is 0 Å². The largest absolute Gasteiger partial charge is 0.399 e. The molecule has 2 N–H and O–H groups in total. The summed E-state index contributed by atoms with van der Waals surface area (Å²) in [6.45, 7) is 2.08. The molecule has 0 amide bonds. The number of nitrogen functional groups attached to an aromatic ring is 1. The van der Waals surface area contributed by atoms with Gasteiger partial charge in [0.15, 0.2) is 0 Å². The number of imidazole rings is 1. The van der Waals surface area contributed by atoms with Crippen LogP contribution in [0.1, 0.15) is 5.56 Å². The van der Waals surface area contributed by atoms with Crippen LogP contribution in [0, 0.1) is 6.92 Å². The lowest BCUT2D eigenvalue weighted by atomic mass is 10.2. The van der Waals surface area contributed by atoms with Crippen LogP contribution in [-0.2, 0) is 7.05 Å². The summed E-state index contributed by atoms with van der Waals surface area (Å²) < 4.78 is 3.14. The second-order valence-electron chi connectivity index (χ2n) is 4.73. The summed E-state index contributed by atoms with van der Waals surface area (Å²) in [5.41, 5.74) is 10.9. The minimum Gasteiger partial charge on any atom is -0.399 e. The van der Waals surface area contributed by atoms with Crippen molar-refractivity contribution in [1.29, 1.82) is 0 Å². The Morgan fingerprint density at radius 1 is 1.16 bits per heavy atom. The molecular weight excluding hydrogens is 302 g/mol. The van der Waals surface area contributed by atoms with Gasteiger partial charge in [-0.2, -0.15) is 0 Å². The van der Waals surface area contributed by atoms with Crippen LogP contribution < -0.4 is 5.73 Å². The van der Waals surface area contributed by atoms with E-state index in [1.54, 1.807) is 0 Å². The van der Waals surface area contributed by atoms with Crippen LogP contribution >= 0.6 is 15.9 Å². The van der Waals surface area contributed by atoms with Gasteiger partial charge in [0.2, 0.25) is 0 Å². The van der Waals surface area contributed by atoms with Gasteiger partial charge in [-0.05, 0) is 64.8 Å². The van der Waals surface area contributed by atoms with Gasteiger partial charge in [-0.3, -0.25) is 0 Å². The summed E-state index contributed by atoms with van der Waals surface area (Å²) in [5, 5.41) is 0. The Morgan fingerprint density at radius 2 is 1.84 bits per heavy atom. The molecule has 1 heterocycles. The maximum Gasteiger partial charge on any atom is 0.140 e. The van der Waals surface area contributed by atoms with Crippen molar-refractivity contribution in [2.75, 3.05) is 5.73 Å². The van der Waals surface area contributed by atoms with E-state index in [1.807, 2.05) is 31.3 Å². The lowest BCUT2D eigenvalue weighted by Crippen LogP contribution is -1.93. The first-order valence-corrected chi connectivity index (χ1v) is 6.84. The van der Waals surface area contributed by atoms with Gasteiger partial charge in [-0.1, -0.05) is 0 Å². The molecule has 3 rings (SSSR count). The lowest BCUT2D eigenvalue weighted by Gasteiger charge is -2.03. The Kier molecular flexibility index (Phi) is 2.82. The molecule has 0 unspecified atom stereocenters. The van der Waals surface area contributed by atoms with Crippen LogP contribution in [0.3, 0.4) is 0 Å². The number of nitrogens with zero attached hydrogens (tertiary/aromatic N) is 2. The number of aromatic nitrogens is 2. The molecule has 0 aliphatic heterocycles. The van der Waals surface area contributed by atoms with Gasteiger partial charge in [0.05, 0.1) is 5.52 Å². The number of anilines is 1. The molecule has 4 heteroatoms. The molecule has 96 valence electrons. The van der Waals surface area contributed by atoms with E-state index in [4.69, 9.17) is 10.7 Å².